The average Bonchev–Trinajstić information content (AvgIpc) is 2.87. The molecule has 0 radical (unpaired) electrons. The summed E-state index contributed by atoms with van der Waals surface area (Å²) in [5.74, 6) is 0.447. The quantitative estimate of drug-likeness (QED) is 0.198. The highest BCUT2D eigenvalue weighted by Gasteiger charge is 2.22. The highest BCUT2D eigenvalue weighted by Crippen LogP contribution is 2.41. The Morgan fingerprint density at radius 1 is 0.778 bits per heavy atom. The standard InChI is InChI=1S/C29H40N2O2S.2ClH/c1-5-30(6-2)18-10-13-26(32)22-16-17-28-23(20-22)21-25-24(12-9-15-29(25)34-28)27(33)14-11-19-31(7-3)8-4;;/h9,12,15-17,20H,5-8,10-11,13-14,18-19,21H2,1-4H3;2*1H. The third-order valence-electron chi connectivity index (χ3n) is 6.95. The Morgan fingerprint density at radius 2 is 1.36 bits per heavy atom. The van der Waals surface area contributed by atoms with Gasteiger partial charge in [0.05, 0.1) is 0 Å². The molecule has 1 aliphatic heterocycles. The molecule has 0 aromatic heterocycles. The number of rotatable bonds is 14. The van der Waals surface area contributed by atoms with Gasteiger partial charge in [0.1, 0.15) is 0 Å². The molecule has 0 atom stereocenters. The van der Waals surface area contributed by atoms with Crippen LogP contribution < -0.4 is 0 Å². The molecule has 0 unspecified atom stereocenters. The predicted octanol–water partition coefficient (Wildman–Crippen LogP) is 7.20. The molecule has 4 nitrogen and oxygen atoms in total. The Morgan fingerprint density at radius 3 is 1.94 bits per heavy atom. The molecule has 0 aliphatic carbocycles. The van der Waals surface area contributed by atoms with Gasteiger partial charge in [0, 0.05) is 40.2 Å². The Labute approximate surface area is 234 Å². The fraction of sp³-hybridized carbons (Fsp3) is 0.517. The van der Waals surface area contributed by atoms with Crippen LogP contribution in [0.5, 0.6) is 0 Å². The van der Waals surface area contributed by atoms with Crippen molar-refractivity contribution in [2.24, 2.45) is 0 Å². The molecule has 0 N–H and O–H groups in total. The number of hydrogen-bond donors (Lipinski definition) is 0. The predicted molar refractivity (Wildman–Crippen MR) is 157 cm³/mol. The van der Waals surface area contributed by atoms with Gasteiger partial charge in [0.2, 0.25) is 0 Å². The Kier molecular flexibility index (Phi) is 14.9. The Hall–Kier alpha value is -1.37. The maximum Gasteiger partial charge on any atom is 0.163 e. The van der Waals surface area contributed by atoms with Gasteiger partial charge in [-0.05, 0) is 81.4 Å². The van der Waals surface area contributed by atoms with E-state index in [-0.39, 0.29) is 36.4 Å². The molecule has 0 saturated carbocycles. The van der Waals surface area contributed by atoms with Crippen molar-refractivity contribution in [3.63, 3.8) is 0 Å². The second-order valence-electron chi connectivity index (χ2n) is 8.99. The monoisotopic (exact) mass is 552 g/mol. The third-order valence-corrected chi connectivity index (χ3v) is 8.17. The summed E-state index contributed by atoms with van der Waals surface area (Å²) in [6.07, 6.45) is 3.66. The number of carbonyl (C=O) groups excluding carboxylic acids is 2. The molecule has 3 rings (SSSR count). The van der Waals surface area contributed by atoms with Gasteiger partial charge in [-0.2, -0.15) is 0 Å². The Balaban J connectivity index is 0.00000324. The number of nitrogens with zero attached hydrogens (tertiary/aromatic N) is 2. The van der Waals surface area contributed by atoms with Crippen LogP contribution in [0.4, 0.5) is 0 Å². The zero-order valence-corrected chi connectivity index (χ0v) is 24.6. The number of ketones is 2. The normalized spacial score (nSPS) is 11.9. The SMILES string of the molecule is CCN(CC)CCCC(=O)c1ccc2c(c1)Cc1c(cccc1C(=O)CCCN(CC)CC)S2.Cl.Cl. The van der Waals surface area contributed by atoms with Crippen LogP contribution >= 0.6 is 36.6 Å². The fourth-order valence-electron chi connectivity index (χ4n) is 4.69. The molecular formula is C29H42Cl2N2O2S. The highest BCUT2D eigenvalue weighted by atomic mass is 35.5. The number of Topliss-reactive ketones (excluding diaryl/α,β-unsaturated/α-hetero) is 2. The minimum Gasteiger partial charge on any atom is -0.304 e. The minimum atomic E-state index is 0. The molecule has 2 aromatic rings. The van der Waals surface area contributed by atoms with Gasteiger partial charge >= 0.3 is 0 Å². The lowest BCUT2D eigenvalue weighted by atomic mass is 9.93. The van der Waals surface area contributed by atoms with E-state index >= 15 is 0 Å². The number of carbonyl (C=O) groups is 2. The van der Waals surface area contributed by atoms with Crippen molar-refractivity contribution in [3.05, 3.63) is 58.7 Å². The van der Waals surface area contributed by atoms with E-state index in [1.165, 1.54) is 9.79 Å². The summed E-state index contributed by atoms with van der Waals surface area (Å²) in [6.45, 7) is 14.7. The topological polar surface area (TPSA) is 40.6 Å². The van der Waals surface area contributed by atoms with E-state index in [1.54, 1.807) is 11.8 Å². The molecular weight excluding hydrogens is 511 g/mol. The van der Waals surface area contributed by atoms with Crippen LogP contribution in [0.15, 0.2) is 46.2 Å². The second-order valence-corrected chi connectivity index (χ2v) is 10.1. The molecule has 36 heavy (non-hydrogen) atoms. The van der Waals surface area contributed by atoms with Crippen molar-refractivity contribution in [1.29, 1.82) is 0 Å². The van der Waals surface area contributed by atoms with Crippen LogP contribution in [0, 0.1) is 0 Å². The summed E-state index contributed by atoms with van der Waals surface area (Å²) >= 11 is 1.72. The molecule has 0 saturated heterocycles. The first-order valence-electron chi connectivity index (χ1n) is 12.9. The van der Waals surface area contributed by atoms with Gasteiger partial charge in [-0.3, -0.25) is 9.59 Å². The Bertz CT molecular complexity index is 991. The van der Waals surface area contributed by atoms with E-state index in [4.69, 9.17) is 0 Å². The zero-order chi connectivity index (χ0) is 24.5. The molecule has 1 heterocycles. The van der Waals surface area contributed by atoms with E-state index in [0.29, 0.717) is 12.8 Å². The number of fused-ring (bicyclic) bond motifs is 2. The van der Waals surface area contributed by atoms with Crippen LogP contribution in [-0.4, -0.2) is 60.6 Å². The molecule has 200 valence electrons. The van der Waals surface area contributed by atoms with Crippen molar-refractivity contribution in [1.82, 2.24) is 9.80 Å². The number of benzene rings is 2. The maximum absolute atomic E-state index is 13.1. The highest BCUT2D eigenvalue weighted by molar-refractivity contribution is 7.99. The lowest BCUT2D eigenvalue weighted by Crippen LogP contribution is -2.24. The van der Waals surface area contributed by atoms with Gasteiger partial charge in [0.25, 0.3) is 0 Å². The lowest BCUT2D eigenvalue weighted by Gasteiger charge is -2.22. The molecule has 0 fully saturated rings. The van der Waals surface area contributed by atoms with Crippen molar-refractivity contribution in [2.75, 3.05) is 39.3 Å². The van der Waals surface area contributed by atoms with Gasteiger partial charge in [-0.15, -0.1) is 24.8 Å². The summed E-state index contributed by atoms with van der Waals surface area (Å²) in [6, 6.07) is 12.2. The summed E-state index contributed by atoms with van der Waals surface area (Å²) in [5, 5.41) is 0. The zero-order valence-electron chi connectivity index (χ0n) is 22.2. The van der Waals surface area contributed by atoms with E-state index in [0.717, 1.165) is 80.8 Å². The van der Waals surface area contributed by atoms with Crippen LogP contribution in [0.2, 0.25) is 0 Å². The third kappa shape index (κ3) is 8.59. The maximum atomic E-state index is 13.1. The number of halogens is 2. The van der Waals surface area contributed by atoms with Crippen molar-refractivity contribution >= 4 is 48.1 Å². The van der Waals surface area contributed by atoms with Crippen LogP contribution in [-0.2, 0) is 6.42 Å². The van der Waals surface area contributed by atoms with Gasteiger partial charge in [-0.1, -0.05) is 57.7 Å². The molecule has 0 bridgehead atoms. The molecule has 7 heteroatoms. The average molecular weight is 554 g/mol. The van der Waals surface area contributed by atoms with E-state index in [2.05, 4.69) is 55.7 Å². The summed E-state index contributed by atoms with van der Waals surface area (Å²) < 4.78 is 0. The second kappa shape index (κ2) is 16.5. The van der Waals surface area contributed by atoms with Crippen LogP contribution in [0.1, 0.15) is 85.2 Å². The van der Waals surface area contributed by atoms with E-state index in [9.17, 15) is 9.59 Å². The van der Waals surface area contributed by atoms with E-state index in [1.807, 2.05) is 18.2 Å². The fourth-order valence-corrected chi connectivity index (χ4v) is 5.78. The van der Waals surface area contributed by atoms with Crippen molar-refractivity contribution in [2.45, 2.75) is 69.6 Å². The number of hydrogen-bond acceptors (Lipinski definition) is 5. The molecule has 1 aliphatic rings. The van der Waals surface area contributed by atoms with Crippen molar-refractivity contribution in [3.8, 4) is 0 Å². The lowest BCUT2D eigenvalue weighted by molar-refractivity contribution is 0.0966. The summed E-state index contributed by atoms with van der Waals surface area (Å²) in [4.78, 5) is 33.0. The first kappa shape index (κ1) is 32.7. The van der Waals surface area contributed by atoms with Gasteiger partial charge in [-0.25, -0.2) is 0 Å². The largest absolute Gasteiger partial charge is 0.304 e. The first-order chi connectivity index (χ1) is 16.5. The molecule has 0 amide bonds. The molecule has 2 aromatic carbocycles. The smallest absolute Gasteiger partial charge is 0.163 e. The summed E-state index contributed by atoms with van der Waals surface area (Å²) in [7, 11) is 0. The first-order valence-corrected chi connectivity index (χ1v) is 13.8. The van der Waals surface area contributed by atoms with Gasteiger partial charge in [0.15, 0.2) is 11.6 Å². The minimum absolute atomic E-state index is 0. The summed E-state index contributed by atoms with van der Waals surface area (Å²) in [5.41, 5.74) is 3.94. The van der Waals surface area contributed by atoms with E-state index < -0.39 is 0 Å². The molecule has 0 spiro atoms. The van der Waals surface area contributed by atoms with Crippen molar-refractivity contribution < 1.29 is 9.59 Å². The van der Waals surface area contributed by atoms with Gasteiger partial charge < -0.3 is 9.80 Å². The van der Waals surface area contributed by atoms with Crippen LogP contribution in [0.25, 0.3) is 0 Å². The van der Waals surface area contributed by atoms with Crippen LogP contribution in [0.3, 0.4) is 0 Å².